The molecule has 0 aromatic carbocycles. The summed E-state index contributed by atoms with van der Waals surface area (Å²) in [5.74, 6) is 0.864. The molecule has 0 amide bonds. The van der Waals surface area contributed by atoms with E-state index in [4.69, 9.17) is 4.74 Å². The predicted molar refractivity (Wildman–Crippen MR) is 70.9 cm³/mol. The molecule has 2 aromatic heterocycles. The number of hydrogen-bond donors (Lipinski definition) is 1. The molecule has 0 radical (unpaired) electrons. The number of pyridine rings is 1. The lowest BCUT2D eigenvalue weighted by molar-refractivity contribution is 0.191. The summed E-state index contributed by atoms with van der Waals surface area (Å²) in [6.07, 6.45) is 8.15. The molecule has 0 fully saturated rings. The van der Waals surface area contributed by atoms with Crippen molar-refractivity contribution in [3.63, 3.8) is 0 Å². The van der Waals surface area contributed by atoms with Crippen molar-refractivity contribution in [2.24, 2.45) is 0 Å². The van der Waals surface area contributed by atoms with Gasteiger partial charge in [0, 0.05) is 32.2 Å². The van der Waals surface area contributed by atoms with Gasteiger partial charge in [0.15, 0.2) is 0 Å². The summed E-state index contributed by atoms with van der Waals surface area (Å²) in [6.45, 7) is 2.89. The molecule has 0 saturated carbocycles. The third kappa shape index (κ3) is 3.30. The number of hydrogen-bond acceptors (Lipinski definition) is 4. The van der Waals surface area contributed by atoms with E-state index < -0.39 is 0 Å². The fourth-order valence-corrected chi connectivity index (χ4v) is 1.67. The molecule has 1 atom stereocenters. The first-order valence-corrected chi connectivity index (χ1v) is 5.99. The zero-order valence-corrected chi connectivity index (χ0v) is 10.7. The van der Waals surface area contributed by atoms with Gasteiger partial charge in [-0.05, 0) is 25.5 Å². The Morgan fingerprint density at radius 3 is 2.94 bits per heavy atom. The number of rotatable bonds is 6. The number of aromatic nitrogens is 3. The first kappa shape index (κ1) is 12.6. The van der Waals surface area contributed by atoms with Crippen molar-refractivity contribution < 1.29 is 4.74 Å². The molecule has 2 aromatic rings. The van der Waals surface area contributed by atoms with Crippen LogP contribution in [0.25, 0.3) is 5.82 Å². The van der Waals surface area contributed by atoms with Gasteiger partial charge in [0.25, 0.3) is 0 Å². The summed E-state index contributed by atoms with van der Waals surface area (Å²) in [4.78, 5) is 8.38. The van der Waals surface area contributed by atoms with Crippen molar-refractivity contribution in [3.8, 4) is 5.82 Å². The van der Waals surface area contributed by atoms with Crippen LogP contribution in [-0.4, -0.2) is 34.3 Å². The quantitative estimate of drug-likeness (QED) is 0.848. The first-order valence-electron chi connectivity index (χ1n) is 5.99. The Morgan fingerprint density at radius 1 is 1.44 bits per heavy atom. The van der Waals surface area contributed by atoms with Gasteiger partial charge >= 0.3 is 0 Å². The van der Waals surface area contributed by atoms with Crippen LogP contribution < -0.4 is 5.32 Å². The monoisotopic (exact) mass is 246 g/mol. The van der Waals surface area contributed by atoms with Crippen LogP contribution in [0.1, 0.15) is 13.3 Å². The molecular weight excluding hydrogens is 228 g/mol. The van der Waals surface area contributed by atoms with Gasteiger partial charge in [0.2, 0.25) is 0 Å². The molecule has 0 aliphatic heterocycles. The van der Waals surface area contributed by atoms with Gasteiger partial charge in [-0.1, -0.05) is 0 Å². The van der Waals surface area contributed by atoms with Crippen molar-refractivity contribution in [1.29, 1.82) is 0 Å². The highest BCUT2D eigenvalue weighted by molar-refractivity contribution is 5.44. The van der Waals surface area contributed by atoms with Crippen molar-refractivity contribution in [2.75, 3.05) is 19.0 Å². The minimum absolute atomic E-state index is 0.367. The van der Waals surface area contributed by atoms with E-state index in [9.17, 15) is 0 Å². The smallest absolute Gasteiger partial charge is 0.137 e. The molecule has 1 N–H and O–H groups in total. The molecule has 1 unspecified atom stereocenters. The second-order valence-electron chi connectivity index (χ2n) is 4.20. The predicted octanol–water partition coefficient (Wildman–Crippen LogP) is 2.10. The van der Waals surface area contributed by atoms with Crippen molar-refractivity contribution in [1.82, 2.24) is 14.5 Å². The number of nitrogens with one attached hydrogen (secondary N) is 1. The van der Waals surface area contributed by atoms with Crippen LogP contribution in [0, 0.1) is 0 Å². The zero-order valence-electron chi connectivity index (χ0n) is 10.7. The summed E-state index contributed by atoms with van der Waals surface area (Å²) in [5.41, 5.74) is 1.02. The number of imidazole rings is 1. The number of nitrogens with zero attached hydrogens (tertiary/aromatic N) is 3. The van der Waals surface area contributed by atoms with E-state index in [0.717, 1.165) is 24.5 Å². The van der Waals surface area contributed by atoms with E-state index in [2.05, 4.69) is 22.2 Å². The largest absolute Gasteiger partial charge is 0.385 e. The van der Waals surface area contributed by atoms with Crippen molar-refractivity contribution in [2.45, 2.75) is 19.4 Å². The topological polar surface area (TPSA) is 52.0 Å². The van der Waals surface area contributed by atoms with Gasteiger partial charge in [-0.15, -0.1) is 0 Å². The molecule has 0 aliphatic carbocycles. The fourth-order valence-electron chi connectivity index (χ4n) is 1.67. The third-order valence-corrected chi connectivity index (χ3v) is 2.68. The van der Waals surface area contributed by atoms with Crippen LogP contribution in [-0.2, 0) is 4.74 Å². The normalized spacial score (nSPS) is 12.3. The second-order valence-corrected chi connectivity index (χ2v) is 4.20. The Labute approximate surface area is 107 Å². The van der Waals surface area contributed by atoms with E-state index in [1.807, 2.05) is 29.1 Å². The van der Waals surface area contributed by atoms with Crippen LogP contribution in [0.15, 0.2) is 37.1 Å². The van der Waals surface area contributed by atoms with Crippen LogP contribution in [0.5, 0.6) is 0 Å². The molecule has 0 saturated heterocycles. The van der Waals surface area contributed by atoms with Crippen LogP contribution in [0.3, 0.4) is 0 Å². The molecular formula is C13H18N4O. The minimum atomic E-state index is 0.367. The summed E-state index contributed by atoms with van der Waals surface area (Å²) in [5, 5.41) is 3.38. The van der Waals surface area contributed by atoms with E-state index in [-0.39, 0.29) is 0 Å². The molecule has 96 valence electrons. The standard InChI is InChI=1S/C13H18N4O/c1-11(5-8-18-2)16-12-3-4-13(15-9-12)17-7-6-14-10-17/h3-4,6-7,9-11,16H,5,8H2,1-2H3. The maximum absolute atomic E-state index is 5.05. The first-order chi connectivity index (χ1) is 8.79. The third-order valence-electron chi connectivity index (χ3n) is 2.68. The van der Waals surface area contributed by atoms with E-state index in [1.54, 1.807) is 19.6 Å². The van der Waals surface area contributed by atoms with E-state index >= 15 is 0 Å². The van der Waals surface area contributed by atoms with Crippen LogP contribution >= 0.6 is 0 Å². The van der Waals surface area contributed by atoms with E-state index in [0.29, 0.717) is 6.04 Å². The highest BCUT2D eigenvalue weighted by atomic mass is 16.5. The van der Waals surface area contributed by atoms with Gasteiger partial charge in [0.05, 0.1) is 11.9 Å². The SMILES string of the molecule is COCCC(C)Nc1ccc(-n2ccnc2)nc1. The Balaban J connectivity index is 1.95. The maximum Gasteiger partial charge on any atom is 0.137 e. The second kappa shape index (κ2) is 6.16. The highest BCUT2D eigenvalue weighted by Crippen LogP contribution is 2.11. The molecule has 0 aliphatic rings. The lowest BCUT2D eigenvalue weighted by Crippen LogP contribution is -2.17. The molecule has 5 heteroatoms. The molecule has 2 rings (SSSR count). The lowest BCUT2D eigenvalue weighted by atomic mass is 10.2. The summed E-state index contributed by atoms with van der Waals surface area (Å²) in [7, 11) is 1.72. The number of anilines is 1. The zero-order chi connectivity index (χ0) is 12.8. The molecule has 5 nitrogen and oxygen atoms in total. The van der Waals surface area contributed by atoms with Gasteiger partial charge in [0.1, 0.15) is 12.1 Å². The summed E-state index contributed by atoms with van der Waals surface area (Å²) >= 11 is 0. The van der Waals surface area contributed by atoms with Crippen LogP contribution in [0.2, 0.25) is 0 Å². The van der Waals surface area contributed by atoms with Gasteiger partial charge in [-0.2, -0.15) is 0 Å². The molecule has 18 heavy (non-hydrogen) atoms. The highest BCUT2D eigenvalue weighted by Gasteiger charge is 2.02. The molecule has 0 spiro atoms. The van der Waals surface area contributed by atoms with Crippen molar-refractivity contribution in [3.05, 3.63) is 37.1 Å². The average molecular weight is 246 g/mol. The number of ether oxygens (including phenoxy) is 1. The Kier molecular flexibility index (Phi) is 4.30. The van der Waals surface area contributed by atoms with Crippen molar-refractivity contribution >= 4 is 5.69 Å². The van der Waals surface area contributed by atoms with Gasteiger partial charge in [-0.25, -0.2) is 9.97 Å². The number of methoxy groups -OCH3 is 1. The van der Waals surface area contributed by atoms with E-state index in [1.165, 1.54) is 0 Å². The summed E-state index contributed by atoms with van der Waals surface area (Å²) in [6, 6.07) is 4.35. The average Bonchev–Trinajstić information content (AvgIpc) is 2.91. The Morgan fingerprint density at radius 2 is 2.33 bits per heavy atom. The molecule has 0 bridgehead atoms. The van der Waals surface area contributed by atoms with Gasteiger partial charge in [-0.3, -0.25) is 4.57 Å². The molecule has 2 heterocycles. The Bertz CT molecular complexity index is 452. The Hall–Kier alpha value is -1.88. The fraction of sp³-hybridized carbons (Fsp3) is 0.385. The van der Waals surface area contributed by atoms with Crippen LogP contribution in [0.4, 0.5) is 5.69 Å². The summed E-state index contributed by atoms with van der Waals surface area (Å²) < 4.78 is 6.93. The maximum atomic E-state index is 5.05. The minimum Gasteiger partial charge on any atom is -0.385 e. The lowest BCUT2D eigenvalue weighted by Gasteiger charge is -2.14. The van der Waals surface area contributed by atoms with Gasteiger partial charge < -0.3 is 10.1 Å².